The van der Waals surface area contributed by atoms with E-state index in [2.05, 4.69) is 26.1 Å². The molecule has 84 valence electrons. The van der Waals surface area contributed by atoms with Gasteiger partial charge in [0.2, 0.25) is 5.89 Å². The first-order chi connectivity index (χ1) is 7.65. The highest BCUT2D eigenvalue weighted by Gasteiger charge is 2.11. The third-order valence-corrected chi connectivity index (χ3v) is 2.60. The van der Waals surface area contributed by atoms with Crippen molar-refractivity contribution < 1.29 is 9.63 Å². The molecule has 0 aliphatic rings. The normalized spacial score (nSPS) is 12.7. The number of hydrogen-bond donors (Lipinski definition) is 1. The third-order valence-electron chi connectivity index (χ3n) is 2.10. The monoisotopic (exact) mass is 282 g/mol. The lowest BCUT2D eigenvalue weighted by molar-refractivity contribution is 0.184. The minimum atomic E-state index is -0.694. The standard InChI is InChI=1S/C11H11BrN2O2/c1-7(15)11-13-10(16-14-11)6-8-3-2-4-9(12)5-8/h2-5,7,15H,6H2,1H3. The van der Waals surface area contributed by atoms with E-state index in [-0.39, 0.29) is 0 Å². The lowest BCUT2D eigenvalue weighted by Crippen LogP contribution is -1.94. The number of halogens is 1. The van der Waals surface area contributed by atoms with Gasteiger partial charge in [0.1, 0.15) is 6.10 Å². The van der Waals surface area contributed by atoms with E-state index in [9.17, 15) is 5.11 Å². The number of nitrogens with zero attached hydrogens (tertiary/aromatic N) is 2. The van der Waals surface area contributed by atoms with Crippen molar-refractivity contribution in [1.29, 1.82) is 0 Å². The molecule has 4 nitrogen and oxygen atoms in total. The Balaban J connectivity index is 2.14. The summed E-state index contributed by atoms with van der Waals surface area (Å²) in [6.07, 6.45) is -0.126. The van der Waals surface area contributed by atoms with Gasteiger partial charge in [-0.2, -0.15) is 4.98 Å². The minimum absolute atomic E-state index is 0.324. The van der Waals surface area contributed by atoms with Crippen molar-refractivity contribution in [3.8, 4) is 0 Å². The van der Waals surface area contributed by atoms with Crippen molar-refractivity contribution in [3.05, 3.63) is 46.0 Å². The van der Waals surface area contributed by atoms with Crippen LogP contribution in [0.1, 0.15) is 30.3 Å². The molecule has 1 atom stereocenters. The maximum absolute atomic E-state index is 9.25. The summed E-state index contributed by atoms with van der Waals surface area (Å²) in [6.45, 7) is 1.60. The molecule has 0 aliphatic heterocycles. The molecule has 0 saturated carbocycles. The van der Waals surface area contributed by atoms with Gasteiger partial charge in [0.15, 0.2) is 5.82 Å². The van der Waals surface area contributed by atoms with E-state index in [1.807, 2.05) is 24.3 Å². The van der Waals surface area contributed by atoms with E-state index < -0.39 is 6.10 Å². The third kappa shape index (κ3) is 2.68. The minimum Gasteiger partial charge on any atom is -0.385 e. The lowest BCUT2D eigenvalue weighted by Gasteiger charge is -1.97. The van der Waals surface area contributed by atoms with Gasteiger partial charge in [-0.25, -0.2) is 0 Å². The predicted octanol–water partition coefficient (Wildman–Crippen LogP) is 2.48. The molecular formula is C11H11BrN2O2. The van der Waals surface area contributed by atoms with Gasteiger partial charge in [-0.15, -0.1) is 0 Å². The van der Waals surface area contributed by atoms with Crippen LogP contribution in [0.15, 0.2) is 33.3 Å². The van der Waals surface area contributed by atoms with Gasteiger partial charge in [0, 0.05) is 4.47 Å². The number of aromatic nitrogens is 2. The molecule has 2 rings (SSSR count). The summed E-state index contributed by atoms with van der Waals surface area (Å²) in [5.41, 5.74) is 1.08. The zero-order chi connectivity index (χ0) is 11.5. The van der Waals surface area contributed by atoms with Gasteiger partial charge in [-0.1, -0.05) is 33.2 Å². The number of aliphatic hydroxyl groups is 1. The molecule has 0 amide bonds. The average Bonchev–Trinajstić information content (AvgIpc) is 2.66. The Morgan fingerprint density at radius 2 is 2.31 bits per heavy atom. The fraction of sp³-hybridized carbons (Fsp3) is 0.273. The second kappa shape index (κ2) is 4.76. The molecule has 5 heteroatoms. The van der Waals surface area contributed by atoms with Gasteiger partial charge < -0.3 is 9.63 Å². The van der Waals surface area contributed by atoms with Crippen LogP contribution < -0.4 is 0 Å². The SMILES string of the molecule is CC(O)c1noc(Cc2cccc(Br)c2)n1. The van der Waals surface area contributed by atoms with Crippen molar-refractivity contribution in [1.82, 2.24) is 10.1 Å². The summed E-state index contributed by atoms with van der Waals surface area (Å²) in [7, 11) is 0. The summed E-state index contributed by atoms with van der Waals surface area (Å²) in [5, 5.41) is 12.9. The molecule has 1 heterocycles. The Labute approximate surface area is 101 Å². The molecule has 1 unspecified atom stereocenters. The predicted molar refractivity (Wildman–Crippen MR) is 61.9 cm³/mol. The number of rotatable bonds is 3. The highest BCUT2D eigenvalue weighted by atomic mass is 79.9. The summed E-state index contributed by atoms with van der Waals surface area (Å²) in [6, 6.07) is 7.88. The fourth-order valence-corrected chi connectivity index (χ4v) is 1.78. The van der Waals surface area contributed by atoms with E-state index in [1.54, 1.807) is 6.92 Å². The van der Waals surface area contributed by atoms with E-state index in [4.69, 9.17) is 4.52 Å². The quantitative estimate of drug-likeness (QED) is 0.940. The van der Waals surface area contributed by atoms with E-state index in [1.165, 1.54) is 0 Å². The molecule has 1 aromatic carbocycles. The summed E-state index contributed by atoms with van der Waals surface area (Å²) in [4.78, 5) is 4.09. The number of aliphatic hydroxyl groups excluding tert-OH is 1. The Kier molecular flexibility index (Phi) is 3.36. The highest BCUT2D eigenvalue weighted by Crippen LogP contribution is 2.15. The van der Waals surface area contributed by atoms with E-state index >= 15 is 0 Å². The first kappa shape index (κ1) is 11.3. The van der Waals surface area contributed by atoms with Crippen molar-refractivity contribution >= 4 is 15.9 Å². The molecular weight excluding hydrogens is 272 g/mol. The van der Waals surface area contributed by atoms with E-state index in [0.717, 1.165) is 10.0 Å². The lowest BCUT2D eigenvalue weighted by atomic mass is 10.1. The number of benzene rings is 1. The number of hydrogen-bond acceptors (Lipinski definition) is 4. The largest absolute Gasteiger partial charge is 0.385 e. The topological polar surface area (TPSA) is 59.2 Å². The smallest absolute Gasteiger partial charge is 0.231 e. The van der Waals surface area contributed by atoms with Crippen LogP contribution in [0.5, 0.6) is 0 Å². The molecule has 0 saturated heterocycles. The van der Waals surface area contributed by atoms with Crippen LogP contribution in [-0.4, -0.2) is 15.2 Å². The second-order valence-electron chi connectivity index (χ2n) is 3.53. The molecule has 16 heavy (non-hydrogen) atoms. The van der Waals surface area contributed by atoms with Crippen LogP contribution in [0.25, 0.3) is 0 Å². The van der Waals surface area contributed by atoms with Crippen LogP contribution in [-0.2, 0) is 6.42 Å². The first-order valence-corrected chi connectivity index (χ1v) is 5.69. The van der Waals surface area contributed by atoms with Gasteiger partial charge in [0.25, 0.3) is 0 Å². The van der Waals surface area contributed by atoms with E-state index in [0.29, 0.717) is 18.1 Å². The average molecular weight is 283 g/mol. The fourth-order valence-electron chi connectivity index (χ4n) is 1.33. The Bertz CT molecular complexity index is 482. The molecule has 0 aliphatic carbocycles. The molecule has 0 radical (unpaired) electrons. The Morgan fingerprint density at radius 3 is 2.94 bits per heavy atom. The van der Waals surface area contributed by atoms with Crippen LogP contribution in [0.4, 0.5) is 0 Å². The molecule has 0 fully saturated rings. The summed E-state index contributed by atoms with van der Waals surface area (Å²) in [5.74, 6) is 0.832. The maximum atomic E-state index is 9.25. The van der Waals surface area contributed by atoms with Gasteiger partial charge in [0.05, 0.1) is 6.42 Å². The van der Waals surface area contributed by atoms with Gasteiger partial charge in [-0.05, 0) is 24.6 Å². The van der Waals surface area contributed by atoms with Gasteiger partial charge in [-0.3, -0.25) is 0 Å². The highest BCUT2D eigenvalue weighted by molar-refractivity contribution is 9.10. The molecule has 2 aromatic rings. The van der Waals surface area contributed by atoms with Crippen LogP contribution in [0.3, 0.4) is 0 Å². The molecule has 0 spiro atoms. The van der Waals surface area contributed by atoms with Gasteiger partial charge >= 0.3 is 0 Å². The van der Waals surface area contributed by atoms with Crippen LogP contribution in [0.2, 0.25) is 0 Å². The first-order valence-electron chi connectivity index (χ1n) is 4.90. The summed E-state index contributed by atoms with van der Waals surface area (Å²) < 4.78 is 6.05. The molecule has 0 bridgehead atoms. The van der Waals surface area contributed by atoms with Crippen molar-refractivity contribution in [3.63, 3.8) is 0 Å². The molecule has 1 aromatic heterocycles. The Morgan fingerprint density at radius 1 is 1.50 bits per heavy atom. The van der Waals surface area contributed by atoms with Crippen molar-refractivity contribution in [2.24, 2.45) is 0 Å². The van der Waals surface area contributed by atoms with Crippen molar-refractivity contribution in [2.75, 3.05) is 0 Å². The second-order valence-corrected chi connectivity index (χ2v) is 4.44. The van der Waals surface area contributed by atoms with Crippen molar-refractivity contribution in [2.45, 2.75) is 19.4 Å². The molecule has 1 N–H and O–H groups in total. The zero-order valence-corrected chi connectivity index (χ0v) is 10.3. The van der Waals surface area contributed by atoms with Crippen LogP contribution >= 0.6 is 15.9 Å². The maximum Gasteiger partial charge on any atom is 0.231 e. The summed E-state index contributed by atoms with van der Waals surface area (Å²) >= 11 is 3.40. The zero-order valence-electron chi connectivity index (χ0n) is 8.72. The Hall–Kier alpha value is -1.20. The van der Waals surface area contributed by atoms with Crippen LogP contribution in [0, 0.1) is 0 Å².